The Morgan fingerprint density at radius 2 is 2.04 bits per heavy atom. The summed E-state index contributed by atoms with van der Waals surface area (Å²) in [6.45, 7) is 4.35. The van der Waals surface area contributed by atoms with Gasteiger partial charge >= 0.3 is 0 Å². The van der Waals surface area contributed by atoms with E-state index in [0.29, 0.717) is 12.1 Å². The van der Waals surface area contributed by atoms with Crippen molar-refractivity contribution in [1.82, 2.24) is 10.2 Å². The van der Waals surface area contributed by atoms with Gasteiger partial charge in [-0.05, 0) is 44.2 Å². The number of hydrogen-bond donors (Lipinski definition) is 1. The van der Waals surface area contributed by atoms with Gasteiger partial charge in [0.05, 0.1) is 12.4 Å². The van der Waals surface area contributed by atoms with Crippen molar-refractivity contribution in [3.8, 4) is 0 Å². The summed E-state index contributed by atoms with van der Waals surface area (Å²) in [6, 6.07) is 4.54. The first-order valence-electron chi connectivity index (χ1n) is 10.5. The summed E-state index contributed by atoms with van der Waals surface area (Å²) >= 11 is 0. The number of ether oxygens (including phenoxy) is 2. The zero-order chi connectivity index (χ0) is 18.7. The lowest BCUT2D eigenvalue weighted by Gasteiger charge is -2.35. The Bertz CT molecular complexity index is 533. The van der Waals surface area contributed by atoms with Crippen molar-refractivity contribution >= 4 is 5.96 Å². The van der Waals surface area contributed by atoms with Gasteiger partial charge in [0.2, 0.25) is 0 Å². The van der Waals surface area contributed by atoms with E-state index in [4.69, 9.17) is 18.9 Å². The molecule has 1 aliphatic carbocycles. The van der Waals surface area contributed by atoms with Crippen LogP contribution in [0.25, 0.3) is 0 Å². The van der Waals surface area contributed by atoms with E-state index < -0.39 is 0 Å². The van der Waals surface area contributed by atoms with Gasteiger partial charge in [-0.3, -0.25) is 4.99 Å². The van der Waals surface area contributed by atoms with Crippen LogP contribution in [0.2, 0.25) is 0 Å². The minimum Gasteiger partial charge on any atom is -0.469 e. The highest BCUT2D eigenvalue weighted by molar-refractivity contribution is 5.80. The molecule has 1 saturated carbocycles. The Morgan fingerprint density at radius 1 is 1.22 bits per heavy atom. The zero-order valence-electron chi connectivity index (χ0n) is 16.7. The lowest BCUT2D eigenvalue weighted by atomic mass is 10.1. The van der Waals surface area contributed by atoms with Crippen LogP contribution in [0, 0.1) is 0 Å². The summed E-state index contributed by atoms with van der Waals surface area (Å²) in [6.07, 6.45) is 11.2. The van der Waals surface area contributed by atoms with Crippen LogP contribution in [0.1, 0.15) is 50.7 Å². The van der Waals surface area contributed by atoms with Crippen molar-refractivity contribution in [2.45, 2.75) is 63.5 Å². The van der Waals surface area contributed by atoms with E-state index >= 15 is 0 Å². The van der Waals surface area contributed by atoms with E-state index in [0.717, 1.165) is 70.3 Å². The quantitative estimate of drug-likeness (QED) is 0.407. The standard InChI is InChI=1S/C21H35N3O3/c1-25-15-5-17-27-20-10-13-24(14-11-20)21(23-18-6-2-3-7-18)22-12-9-19-8-4-16-26-19/h4,8,16,18,20H,2-3,5-7,9-15,17H2,1H3,(H,22,23). The van der Waals surface area contributed by atoms with Gasteiger partial charge in [-0.1, -0.05) is 12.8 Å². The van der Waals surface area contributed by atoms with Gasteiger partial charge in [-0.15, -0.1) is 0 Å². The maximum atomic E-state index is 6.00. The van der Waals surface area contributed by atoms with Crippen molar-refractivity contribution in [2.24, 2.45) is 4.99 Å². The summed E-state index contributed by atoms with van der Waals surface area (Å²) < 4.78 is 16.5. The lowest BCUT2D eigenvalue weighted by Crippen LogP contribution is -2.49. The van der Waals surface area contributed by atoms with Crippen molar-refractivity contribution in [1.29, 1.82) is 0 Å². The van der Waals surface area contributed by atoms with E-state index in [2.05, 4.69) is 10.2 Å². The van der Waals surface area contributed by atoms with Gasteiger partial charge in [-0.2, -0.15) is 0 Å². The molecule has 3 rings (SSSR count). The predicted octanol–water partition coefficient (Wildman–Crippen LogP) is 3.23. The number of nitrogens with zero attached hydrogens (tertiary/aromatic N) is 2. The van der Waals surface area contributed by atoms with Gasteiger partial charge < -0.3 is 24.1 Å². The highest BCUT2D eigenvalue weighted by Gasteiger charge is 2.24. The lowest BCUT2D eigenvalue weighted by molar-refractivity contribution is 0.00981. The molecule has 2 fully saturated rings. The largest absolute Gasteiger partial charge is 0.469 e. The number of rotatable bonds is 9. The van der Waals surface area contributed by atoms with Gasteiger partial charge in [0.25, 0.3) is 0 Å². The van der Waals surface area contributed by atoms with Gasteiger partial charge in [0.1, 0.15) is 5.76 Å². The molecule has 0 aromatic carbocycles. The molecule has 0 bridgehead atoms. The molecule has 2 heterocycles. The monoisotopic (exact) mass is 377 g/mol. The second kappa shape index (κ2) is 11.3. The van der Waals surface area contributed by atoms with Gasteiger partial charge in [0.15, 0.2) is 5.96 Å². The molecule has 2 aliphatic rings. The molecule has 1 aromatic heterocycles. The van der Waals surface area contributed by atoms with E-state index in [1.807, 2.05) is 12.1 Å². The molecule has 1 saturated heterocycles. The second-order valence-corrected chi connectivity index (χ2v) is 7.56. The van der Waals surface area contributed by atoms with Crippen molar-refractivity contribution in [2.75, 3.05) is 40.0 Å². The fourth-order valence-electron chi connectivity index (χ4n) is 3.90. The Labute approximate surface area is 163 Å². The SMILES string of the molecule is COCCCOC1CCN(C(=NCCc2ccco2)NC2CCCC2)CC1. The Hall–Kier alpha value is -1.53. The summed E-state index contributed by atoms with van der Waals surface area (Å²) in [5.41, 5.74) is 0. The topological polar surface area (TPSA) is 59.2 Å². The van der Waals surface area contributed by atoms with Crippen LogP contribution < -0.4 is 5.32 Å². The first-order valence-corrected chi connectivity index (χ1v) is 10.5. The molecule has 152 valence electrons. The fraction of sp³-hybridized carbons (Fsp3) is 0.762. The number of likely N-dealkylation sites (tertiary alicyclic amines) is 1. The third-order valence-corrected chi connectivity index (χ3v) is 5.48. The molecule has 0 radical (unpaired) electrons. The minimum atomic E-state index is 0.369. The van der Waals surface area contributed by atoms with E-state index in [-0.39, 0.29) is 0 Å². The third kappa shape index (κ3) is 6.85. The van der Waals surface area contributed by atoms with Crippen LogP contribution in [-0.2, 0) is 15.9 Å². The van der Waals surface area contributed by atoms with Gasteiger partial charge in [-0.25, -0.2) is 0 Å². The highest BCUT2D eigenvalue weighted by Crippen LogP contribution is 2.19. The van der Waals surface area contributed by atoms with Crippen molar-refractivity contribution in [3.63, 3.8) is 0 Å². The molecule has 6 heteroatoms. The van der Waals surface area contributed by atoms with E-state index in [1.54, 1.807) is 13.4 Å². The Kier molecular flexibility index (Phi) is 8.49. The summed E-state index contributed by atoms with van der Waals surface area (Å²) in [5.74, 6) is 2.08. The van der Waals surface area contributed by atoms with E-state index in [9.17, 15) is 0 Å². The molecule has 6 nitrogen and oxygen atoms in total. The number of furan rings is 1. The van der Waals surface area contributed by atoms with Crippen molar-refractivity contribution < 1.29 is 13.9 Å². The normalized spacial score (nSPS) is 19.7. The van der Waals surface area contributed by atoms with Crippen molar-refractivity contribution in [3.05, 3.63) is 24.2 Å². The predicted molar refractivity (Wildman–Crippen MR) is 107 cm³/mol. The molecule has 27 heavy (non-hydrogen) atoms. The molecule has 1 aliphatic heterocycles. The third-order valence-electron chi connectivity index (χ3n) is 5.48. The molecule has 0 atom stereocenters. The Balaban J connectivity index is 1.48. The first-order chi connectivity index (χ1) is 13.3. The number of hydrogen-bond acceptors (Lipinski definition) is 4. The molecular formula is C21H35N3O3. The molecule has 0 unspecified atom stereocenters. The average Bonchev–Trinajstić information content (AvgIpc) is 3.39. The number of piperidine rings is 1. The summed E-state index contributed by atoms with van der Waals surface area (Å²) in [5, 5.41) is 3.73. The minimum absolute atomic E-state index is 0.369. The molecule has 1 aromatic rings. The number of nitrogens with one attached hydrogen (secondary N) is 1. The molecular weight excluding hydrogens is 342 g/mol. The average molecular weight is 378 g/mol. The van der Waals surface area contributed by atoms with Crippen LogP contribution in [0.5, 0.6) is 0 Å². The zero-order valence-corrected chi connectivity index (χ0v) is 16.7. The number of methoxy groups -OCH3 is 1. The maximum absolute atomic E-state index is 6.00. The highest BCUT2D eigenvalue weighted by atomic mass is 16.5. The van der Waals surface area contributed by atoms with E-state index in [1.165, 1.54) is 25.7 Å². The van der Waals surface area contributed by atoms with Gasteiger partial charge in [0, 0.05) is 52.4 Å². The Morgan fingerprint density at radius 3 is 2.74 bits per heavy atom. The molecule has 1 N–H and O–H groups in total. The first kappa shape index (κ1) is 20.2. The van der Waals surface area contributed by atoms with Crippen LogP contribution in [0.15, 0.2) is 27.8 Å². The van der Waals surface area contributed by atoms with Crippen LogP contribution in [-0.4, -0.2) is 63.0 Å². The summed E-state index contributed by atoms with van der Waals surface area (Å²) in [4.78, 5) is 7.32. The van der Waals surface area contributed by atoms with Crippen LogP contribution in [0.3, 0.4) is 0 Å². The maximum Gasteiger partial charge on any atom is 0.194 e. The summed E-state index contributed by atoms with van der Waals surface area (Å²) in [7, 11) is 1.74. The fourth-order valence-corrected chi connectivity index (χ4v) is 3.90. The number of guanidine groups is 1. The van der Waals surface area contributed by atoms with Crippen LogP contribution >= 0.6 is 0 Å². The second-order valence-electron chi connectivity index (χ2n) is 7.56. The molecule has 0 amide bonds. The van der Waals surface area contributed by atoms with Crippen LogP contribution in [0.4, 0.5) is 0 Å². The number of aliphatic imine (C=N–C) groups is 1. The molecule has 0 spiro atoms. The smallest absolute Gasteiger partial charge is 0.194 e.